The van der Waals surface area contributed by atoms with E-state index >= 15 is 0 Å². The molecule has 0 unspecified atom stereocenters. The molecule has 19 heavy (non-hydrogen) atoms. The fourth-order valence-electron chi connectivity index (χ4n) is 1.47. The van der Waals surface area contributed by atoms with E-state index in [-0.39, 0.29) is 13.0 Å². The Kier molecular flexibility index (Phi) is 5.53. The Hall–Kier alpha value is -2.37. The Bertz CT molecular complexity index is 459. The fraction of sp³-hybridized carbons (Fsp3) is 0.308. The van der Waals surface area contributed by atoms with Crippen molar-refractivity contribution in [1.82, 2.24) is 5.32 Å². The minimum atomic E-state index is -1.06. The Morgan fingerprint density at radius 2 is 1.89 bits per heavy atom. The zero-order valence-corrected chi connectivity index (χ0v) is 10.6. The average molecular weight is 264 g/mol. The molecular weight excluding hydrogens is 248 g/mol. The van der Waals surface area contributed by atoms with Gasteiger partial charge in [0.2, 0.25) is 5.91 Å². The summed E-state index contributed by atoms with van der Waals surface area (Å²) >= 11 is 0. The van der Waals surface area contributed by atoms with Crippen molar-refractivity contribution in [2.24, 2.45) is 5.73 Å². The van der Waals surface area contributed by atoms with Gasteiger partial charge in [0.25, 0.3) is 5.91 Å². The van der Waals surface area contributed by atoms with Crippen molar-refractivity contribution >= 4 is 17.8 Å². The molecular formula is C13H16N2O4. The summed E-state index contributed by atoms with van der Waals surface area (Å²) in [6.45, 7) is 1.80. The number of nitrogens with one attached hydrogen (secondary N) is 1. The number of hydrogen-bond acceptors (Lipinski definition) is 4. The second kappa shape index (κ2) is 7.15. The number of nitrogens with two attached hydrogens (primary N) is 1. The van der Waals surface area contributed by atoms with Crippen LogP contribution >= 0.6 is 0 Å². The maximum atomic E-state index is 11.9. The van der Waals surface area contributed by atoms with E-state index in [4.69, 9.17) is 10.5 Å². The van der Waals surface area contributed by atoms with Crippen LogP contribution in [0.5, 0.6) is 0 Å². The largest absolute Gasteiger partial charge is 0.464 e. The summed E-state index contributed by atoms with van der Waals surface area (Å²) in [6.07, 6.45) is -0.294. The third kappa shape index (κ3) is 4.79. The van der Waals surface area contributed by atoms with Gasteiger partial charge in [0.15, 0.2) is 0 Å². The van der Waals surface area contributed by atoms with Gasteiger partial charge in [0.05, 0.1) is 13.0 Å². The molecule has 102 valence electrons. The molecule has 0 spiro atoms. The highest BCUT2D eigenvalue weighted by Crippen LogP contribution is 2.02. The molecule has 0 heterocycles. The van der Waals surface area contributed by atoms with Crippen LogP contribution in [0.4, 0.5) is 0 Å². The van der Waals surface area contributed by atoms with E-state index in [2.05, 4.69) is 5.32 Å². The molecule has 6 nitrogen and oxygen atoms in total. The SMILES string of the molecule is CCOC(=O)[C@@H](CC(N)=O)NC(=O)c1ccccc1. The van der Waals surface area contributed by atoms with Crippen molar-refractivity contribution in [3.05, 3.63) is 35.9 Å². The van der Waals surface area contributed by atoms with Crippen molar-refractivity contribution in [2.45, 2.75) is 19.4 Å². The summed E-state index contributed by atoms with van der Waals surface area (Å²) in [5.74, 6) is -1.82. The Balaban J connectivity index is 2.74. The van der Waals surface area contributed by atoms with Crippen LogP contribution in [0.15, 0.2) is 30.3 Å². The van der Waals surface area contributed by atoms with Crippen LogP contribution in [0.3, 0.4) is 0 Å². The van der Waals surface area contributed by atoms with E-state index in [1.165, 1.54) is 0 Å². The first-order valence-corrected chi connectivity index (χ1v) is 5.85. The molecule has 6 heteroatoms. The normalized spacial score (nSPS) is 11.4. The summed E-state index contributed by atoms with van der Waals surface area (Å²) in [5, 5.41) is 2.43. The van der Waals surface area contributed by atoms with E-state index in [0.717, 1.165) is 0 Å². The molecule has 1 rings (SSSR count). The molecule has 2 amide bonds. The van der Waals surface area contributed by atoms with Crippen molar-refractivity contribution in [3.8, 4) is 0 Å². The minimum absolute atomic E-state index is 0.162. The van der Waals surface area contributed by atoms with Crippen LogP contribution in [-0.4, -0.2) is 30.4 Å². The third-order valence-corrected chi connectivity index (χ3v) is 2.32. The molecule has 0 saturated heterocycles. The second-order valence-corrected chi connectivity index (χ2v) is 3.81. The van der Waals surface area contributed by atoms with Crippen LogP contribution in [-0.2, 0) is 14.3 Å². The number of carbonyl (C=O) groups excluding carboxylic acids is 3. The molecule has 0 aliphatic carbocycles. The summed E-state index contributed by atoms with van der Waals surface area (Å²) in [6, 6.07) is 7.29. The molecule has 3 N–H and O–H groups in total. The van der Waals surface area contributed by atoms with Gasteiger partial charge in [-0.15, -0.1) is 0 Å². The summed E-state index contributed by atoms with van der Waals surface area (Å²) in [5.41, 5.74) is 5.43. The van der Waals surface area contributed by atoms with Gasteiger partial charge >= 0.3 is 5.97 Å². The van der Waals surface area contributed by atoms with Crippen LogP contribution in [0.2, 0.25) is 0 Å². The van der Waals surface area contributed by atoms with E-state index in [1.807, 2.05) is 0 Å². The van der Waals surface area contributed by atoms with Gasteiger partial charge in [-0.05, 0) is 19.1 Å². The van der Waals surface area contributed by atoms with Gasteiger partial charge in [-0.1, -0.05) is 18.2 Å². The van der Waals surface area contributed by atoms with Gasteiger partial charge in [-0.3, -0.25) is 9.59 Å². The Morgan fingerprint density at radius 3 is 2.42 bits per heavy atom. The standard InChI is InChI=1S/C13H16N2O4/c1-2-19-13(18)10(8-11(14)16)15-12(17)9-6-4-3-5-7-9/h3-7,10H,2,8H2,1H3,(H2,14,16)(H,15,17)/t10-/m1/s1. The highest BCUT2D eigenvalue weighted by molar-refractivity contribution is 5.97. The highest BCUT2D eigenvalue weighted by atomic mass is 16.5. The van der Waals surface area contributed by atoms with Crippen molar-refractivity contribution in [2.75, 3.05) is 6.61 Å². The average Bonchev–Trinajstić information content (AvgIpc) is 2.38. The number of hydrogen-bond donors (Lipinski definition) is 2. The zero-order chi connectivity index (χ0) is 14.3. The number of carbonyl (C=O) groups is 3. The molecule has 0 fully saturated rings. The lowest BCUT2D eigenvalue weighted by atomic mass is 10.1. The molecule has 0 saturated carbocycles. The number of primary amides is 1. The molecule has 1 aromatic rings. The molecule has 0 aliphatic rings. The quantitative estimate of drug-likeness (QED) is 0.718. The maximum absolute atomic E-state index is 11.9. The predicted molar refractivity (Wildman–Crippen MR) is 68.1 cm³/mol. The topological polar surface area (TPSA) is 98.5 Å². The maximum Gasteiger partial charge on any atom is 0.329 e. The van der Waals surface area contributed by atoms with Crippen molar-refractivity contribution < 1.29 is 19.1 Å². The molecule has 0 bridgehead atoms. The van der Waals surface area contributed by atoms with Gasteiger partial charge in [-0.2, -0.15) is 0 Å². The number of ether oxygens (including phenoxy) is 1. The molecule has 1 aromatic carbocycles. The van der Waals surface area contributed by atoms with Crippen LogP contribution < -0.4 is 11.1 Å². The van der Waals surface area contributed by atoms with Gasteiger partial charge in [0, 0.05) is 5.56 Å². The number of benzene rings is 1. The lowest BCUT2D eigenvalue weighted by molar-refractivity contribution is -0.146. The van der Waals surface area contributed by atoms with Crippen LogP contribution in [0.1, 0.15) is 23.7 Å². The minimum Gasteiger partial charge on any atom is -0.464 e. The fourth-order valence-corrected chi connectivity index (χ4v) is 1.47. The summed E-state index contributed by atoms with van der Waals surface area (Å²) < 4.78 is 4.78. The second-order valence-electron chi connectivity index (χ2n) is 3.81. The van der Waals surface area contributed by atoms with Crippen molar-refractivity contribution in [3.63, 3.8) is 0 Å². The van der Waals surface area contributed by atoms with Crippen LogP contribution in [0.25, 0.3) is 0 Å². The summed E-state index contributed by atoms with van der Waals surface area (Å²) in [7, 11) is 0. The molecule has 1 atom stereocenters. The lowest BCUT2D eigenvalue weighted by Gasteiger charge is -2.15. The first-order chi connectivity index (χ1) is 9.04. The zero-order valence-electron chi connectivity index (χ0n) is 10.6. The Labute approximate surface area is 110 Å². The van der Waals surface area contributed by atoms with E-state index < -0.39 is 23.8 Å². The van der Waals surface area contributed by atoms with E-state index in [0.29, 0.717) is 5.56 Å². The van der Waals surface area contributed by atoms with Crippen molar-refractivity contribution in [1.29, 1.82) is 0 Å². The molecule has 0 aliphatic heterocycles. The monoisotopic (exact) mass is 264 g/mol. The lowest BCUT2D eigenvalue weighted by Crippen LogP contribution is -2.44. The van der Waals surface area contributed by atoms with E-state index in [9.17, 15) is 14.4 Å². The third-order valence-electron chi connectivity index (χ3n) is 2.32. The number of amides is 2. The van der Waals surface area contributed by atoms with E-state index in [1.54, 1.807) is 37.3 Å². The Morgan fingerprint density at radius 1 is 1.26 bits per heavy atom. The number of esters is 1. The highest BCUT2D eigenvalue weighted by Gasteiger charge is 2.24. The van der Waals surface area contributed by atoms with Gasteiger partial charge in [-0.25, -0.2) is 4.79 Å². The van der Waals surface area contributed by atoms with Gasteiger partial charge < -0.3 is 15.8 Å². The van der Waals surface area contributed by atoms with Crippen LogP contribution in [0, 0.1) is 0 Å². The first kappa shape index (κ1) is 14.7. The molecule has 0 aromatic heterocycles. The number of rotatable bonds is 6. The summed E-state index contributed by atoms with van der Waals surface area (Å²) in [4.78, 5) is 34.4. The predicted octanol–water partition coefficient (Wildman–Crippen LogP) is 0.224. The first-order valence-electron chi connectivity index (χ1n) is 5.85. The van der Waals surface area contributed by atoms with Gasteiger partial charge in [0.1, 0.15) is 6.04 Å². The smallest absolute Gasteiger partial charge is 0.329 e. The molecule has 0 radical (unpaired) electrons.